The number of nitrogen functional groups attached to an aromatic ring is 1. The zero-order valence-electron chi connectivity index (χ0n) is 18.2. The van der Waals surface area contributed by atoms with E-state index in [1.807, 2.05) is 30.3 Å². The molecule has 2 aromatic rings. The topological polar surface area (TPSA) is 145 Å². The van der Waals surface area contributed by atoms with E-state index in [0.29, 0.717) is 17.0 Å². The second-order valence-corrected chi connectivity index (χ2v) is 8.00. The van der Waals surface area contributed by atoms with Gasteiger partial charge in [0.25, 0.3) is 5.91 Å². The van der Waals surface area contributed by atoms with E-state index in [-0.39, 0.29) is 25.1 Å². The summed E-state index contributed by atoms with van der Waals surface area (Å²) in [6, 6.07) is 14.6. The fourth-order valence-electron chi connectivity index (χ4n) is 3.97. The van der Waals surface area contributed by atoms with E-state index in [1.54, 1.807) is 24.3 Å². The number of carbonyl (C=O) groups excluding carboxylic acids is 3. The Balaban J connectivity index is 1.78. The highest BCUT2D eigenvalue weighted by Gasteiger charge is 2.46. The maximum atomic E-state index is 13.1. The molecular formula is C24H26N4O5. The van der Waals surface area contributed by atoms with Crippen molar-refractivity contribution < 1.29 is 24.3 Å². The number of nitrogens with zero attached hydrogens (tertiary/aromatic N) is 2. The molecule has 9 heteroatoms. The molecule has 2 aromatic carbocycles. The van der Waals surface area contributed by atoms with Gasteiger partial charge in [-0.05, 0) is 30.4 Å². The van der Waals surface area contributed by atoms with Crippen LogP contribution in [0.2, 0.25) is 0 Å². The van der Waals surface area contributed by atoms with Crippen molar-refractivity contribution in [1.29, 1.82) is 5.41 Å². The Hall–Kier alpha value is -4.01. The van der Waals surface area contributed by atoms with Gasteiger partial charge in [-0.25, -0.2) is 9.80 Å². The van der Waals surface area contributed by atoms with Gasteiger partial charge in [0.15, 0.2) is 6.04 Å². The molecule has 0 aromatic heterocycles. The van der Waals surface area contributed by atoms with Crippen LogP contribution < -0.4 is 5.73 Å². The number of benzene rings is 2. The minimum Gasteiger partial charge on any atom is -0.480 e. The summed E-state index contributed by atoms with van der Waals surface area (Å²) in [6.45, 7) is 1.15. The minimum atomic E-state index is -1.36. The standard InChI is InChI=1S/C24H26N4O5/c1-15(29)27(20(24(32)33)12-9-16-5-3-2-4-6-16)28-21(30)14-19(23(28)31)13-17-7-10-18(11-8-17)22(25)26/h2-8,10-11,19-20H,9,12-14H2,1H3,(H3,25,26)(H,32,33). The van der Waals surface area contributed by atoms with Crippen LogP contribution in [-0.4, -0.2) is 50.7 Å². The Labute approximate surface area is 191 Å². The van der Waals surface area contributed by atoms with Crippen LogP contribution in [-0.2, 0) is 32.0 Å². The normalized spacial score (nSPS) is 16.5. The van der Waals surface area contributed by atoms with Crippen molar-refractivity contribution in [2.45, 2.75) is 38.6 Å². The summed E-state index contributed by atoms with van der Waals surface area (Å²) in [5.74, 6) is -3.98. The van der Waals surface area contributed by atoms with Crippen molar-refractivity contribution in [2.24, 2.45) is 11.7 Å². The van der Waals surface area contributed by atoms with E-state index >= 15 is 0 Å². The van der Waals surface area contributed by atoms with Gasteiger partial charge in [-0.15, -0.1) is 0 Å². The number of hydrogen-bond donors (Lipinski definition) is 3. The van der Waals surface area contributed by atoms with Crippen LogP contribution in [0.4, 0.5) is 0 Å². The highest BCUT2D eigenvalue weighted by molar-refractivity contribution is 6.05. The van der Waals surface area contributed by atoms with Crippen LogP contribution in [0.3, 0.4) is 0 Å². The molecule has 0 bridgehead atoms. The summed E-state index contributed by atoms with van der Waals surface area (Å²) >= 11 is 0. The van der Waals surface area contributed by atoms with Gasteiger partial charge in [0, 0.05) is 18.9 Å². The number of aliphatic carboxylic acids is 1. The third kappa shape index (κ3) is 5.43. The van der Waals surface area contributed by atoms with Gasteiger partial charge in [-0.3, -0.25) is 19.8 Å². The van der Waals surface area contributed by atoms with Crippen LogP contribution >= 0.6 is 0 Å². The summed E-state index contributed by atoms with van der Waals surface area (Å²) in [4.78, 5) is 50.3. The van der Waals surface area contributed by atoms with E-state index in [0.717, 1.165) is 23.1 Å². The molecule has 0 spiro atoms. The van der Waals surface area contributed by atoms with E-state index in [1.165, 1.54) is 0 Å². The number of hydrogen-bond acceptors (Lipinski definition) is 5. The van der Waals surface area contributed by atoms with Crippen molar-refractivity contribution in [3.8, 4) is 0 Å². The summed E-state index contributed by atoms with van der Waals surface area (Å²) in [6.07, 6.45) is 0.533. The molecule has 0 saturated carbocycles. The first-order valence-electron chi connectivity index (χ1n) is 10.6. The van der Waals surface area contributed by atoms with Crippen molar-refractivity contribution in [1.82, 2.24) is 10.0 Å². The van der Waals surface area contributed by atoms with Gasteiger partial charge in [-0.2, -0.15) is 5.01 Å². The number of hydrazine groups is 1. The number of amidine groups is 1. The minimum absolute atomic E-state index is 0.0488. The van der Waals surface area contributed by atoms with Gasteiger partial charge >= 0.3 is 5.97 Å². The largest absolute Gasteiger partial charge is 0.480 e. The van der Waals surface area contributed by atoms with Crippen molar-refractivity contribution in [3.05, 3.63) is 71.3 Å². The average molecular weight is 450 g/mol. The second kappa shape index (κ2) is 10.1. The zero-order valence-corrected chi connectivity index (χ0v) is 18.2. The summed E-state index contributed by atoms with van der Waals surface area (Å²) in [5.41, 5.74) is 7.65. The van der Waals surface area contributed by atoms with E-state index in [4.69, 9.17) is 11.1 Å². The number of carboxylic acid groups (broad SMARTS) is 1. The maximum absolute atomic E-state index is 13.1. The first-order chi connectivity index (χ1) is 15.7. The number of aryl methyl sites for hydroxylation is 1. The first-order valence-corrected chi connectivity index (χ1v) is 10.6. The number of imide groups is 1. The Bertz CT molecular complexity index is 1070. The molecule has 0 radical (unpaired) electrons. The number of rotatable bonds is 9. The predicted molar refractivity (Wildman–Crippen MR) is 120 cm³/mol. The van der Waals surface area contributed by atoms with Crippen molar-refractivity contribution in [2.75, 3.05) is 0 Å². The van der Waals surface area contributed by atoms with E-state index in [9.17, 15) is 24.3 Å². The number of nitrogens with one attached hydrogen (secondary N) is 1. The van der Waals surface area contributed by atoms with E-state index < -0.39 is 35.7 Å². The molecule has 9 nitrogen and oxygen atoms in total. The number of amides is 3. The molecule has 1 aliphatic rings. The SMILES string of the molecule is CC(=O)N(C(CCc1ccccc1)C(=O)O)N1C(=O)CC(Cc2ccc(C(=N)N)cc2)C1=O. The molecular weight excluding hydrogens is 424 g/mol. The Morgan fingerprint density at radius 2 is 1.76 bits per heavy atom. The number of nitrogens with two attached hydrogens (primary N) is 1. The molecule has 2 atom stereocenters. The monoisotopic (exact) mass is 450 g/mol. The molecule has 1 fully saturated rings. The predicted octanol–water partition coefficient (Wildman–Crippen LogP) is 1.74. The van der Waals surface area contributed by atoms with Gasteiger partial charge in [-0.1, -0.05) is 54.6 Å². The molecule has 1 aliphatic heterocycles. The van der Waals surface area contributed by atoms with Gasteiger partial charge in [0.2, 0.25) is 11.8 Å². The summed E-state index contributed by atoms with van der Waals surface area (Å²) in [7, 11) is 0. The summed E-state index contributed by atoms with van der Waals surface area (Å²) in [5, 5.41) is 18.8. The molecule has 4 N–H and O–H groups in total. The lowest BCUT2D eigenvalue weighted by molar-refractivity contribution is -0.178. The Morgan fingerprint density at radius 1 is 1.12 bits per heavy atom. The van der Waals surface area contributed by atoms with Gasteiger partial charge in [0.05, 0.1) is 5.92 Å². The lowest BCUT2D eigenvalue weighted by atomic mass is 9.97. The van der Waals surface area contributed by atoms with Crippen LogP contribution in [0, 0.1) is 11.3 Å². The number of carbonyl (C=O) groups is 4. The molecule has 33 heavy (non-hydrogen) atoms. The highest BCUT2D eigenvalue weighted by atomic mass is 16.4. The van der Waals surface area contributed by atoms with Crippen LogP contribution in [0.15, 0.2) is 54.6 Å². The lowest BCUT2D eigenvalue weighted by Gasteiger charge is -2.34. The Kier molecular flexibility index (Phi) is 7.22. The summed E-state index contributed by atoms with van der Waals surface area (Å²) < 4.78 is 0. The molecule has 1 saturated heterocycles. The molecule has 1 heterocycles. The van der Waals surface area contributed by atoms with Crippen LogP contribution in [0.5, 0.6) is 0 Å². The maximum Gasteiger partial charge on any atom is 0.328 e. The number of carboxylic acids is 1. The van der Waals surface area contributed by atoms with E-state index in [2.05, 4.69) is 0 Å². The first kappa shape index (κ1) is 23.6. The molecule has 3 amide bonds. The molecule has 2 unspecified atom stereocenters. The average Bonchev–Trinajstić information content (AvgIpc) is 3.04. The fourth-order valence-corrected chi connectivity index (χ4v) is 3.97. The van der Waals surface area contributed by atoms with Gasteiger partial charge < -0.3 is 10.8 Å². The third-order valence-corrected chi connectivity index (χ3v) is 5.63. The third-order valence-electron chi connectivity index (χ3n) is 5.63. The van der Waals surface area contributed by atoms with Crippen LogP contribution in [0.1, 0.15) is 36.5 Å². The smallest absolute Gasteiger partial charge is 0.328 e. The molecule has 172 valence electrons. The zero-order chi connectivity index (χ0) is 24.1. The highest BCUT2D eigenvalue weighted by Crippen LogP contribution is 2.27. The fraction of sp³-hybridized carbons (Fsp3) is 0.292. The van der Waals surface area contributed by atoms with Crippen molar-refractivity contribution in [3.63, 3.8) is 0 Å². The van der Waals surface area contributed by atoms with Gasteiger partial charge in [0.1, 0.15) is 5.84 Å². The Morgan fingerprint density at radius 3 is 2.30 bits per heavy atom. The van der Waals surface area contributed by atoms with Crippen molar-refractivity contribution >= 4 is 29.5 Å². The quantitative estimate of drug-likeness (QED) is 0.301. The van der Waals surface area contributed by atoms with Crippen LogP contribution in [0.25, 0.3) is 0 Å². The lowest BCUT2D eigenvalue weighted by Crippen LogP contribution is -2.56. The molecule has 0 aliphatic carbocycles. The molecule has 3 rings (SSSR count). The second-order valence-electron chi connectivity index (χ2n) is 8.00.